The Hall–Kier alpha value is -2.08. The van der Waals surface area contributed by atoms with E-state index in [2.05, 4.69) is 17.2 Å². The molecule has 112 valence electrons. The Kier molecular flexibility index (Phi) is 4.80. The van der Waals surface area contributed by atoms with Gasteiger partial charge in [-0.05, 0) is 18.6 Å². The summed E-state index contributed by atoms with van der Waals surface area (Å²) in [5.41, 5.74) is -0.279. The summed E-state index contributed by atoms with van der Waals surface area (Å²) in [6.07, 6.45) is 2.41. The first-order chi connectivity index (χ1) is 10.0. The van der Waals surface area contributed by atoms with Gasteiger partial charge in [-0.1, -0.05) is 18.5 Å². The molecule has 1 N–H and O–H groups in total. The average Bonchev–Trinajstić information content (AvgIpc) is 2.48. The molecule has 0 amide bonds. The fourth-order valence-electron chi connectivity index (χ4n) is 1.86. The molecule has 0 saturated carbocycles. The molecular weight excluding hydrogens is 292 g/mol. The number of nitrogens with zero attached hydrogens (tertiary/aromatic N) is 3. The molecule has 21 heavy (non-hydrogen) atoms. The van der Waals surface area contributed by atoms with Crippen molar-refractivity contribution in [3.63, 3.8) is 0 Å². The molecule has 0 spiro atoms. The van der Waals surface area contributed by atoms with Crippen LogP contribution in [0.1, 0.15) is 19.0 Å². The summed E-state index contributed by atoms with van der Waals surface area (Å²) >= 11 is 6.11. The van der Waals surface area contributed by atoms with Gasteiger partial charge in [0.05, 0.1) is 17.3 Å². The van der Waals surface area contributed by atoms with Crippen molar-refractivity contribution in [2.24, 2.45) is 7.05 Å². The van der Waals surface area contributed by atoms with Crippen molar-refractivity contribution in [3.8, 4) is 0 Å². The van der Waals surface area contributed by atoms with E-state index in [1.165, 1.54) is 16.8 Å². The van der Waals surface area contributed by atoms with Crippen molar-refractivity contribution < 1.29 is 0 Å². The number of rotatable bonds is 5. The first kappa shape index (κ1) is 15.3. The van der Waals surface area contributed by atoms with Gasteiger partial charge in [-0.2, -0.15) is 0 Å². The maximum Gasteiger partial charge on any atom is 0.331 e. The van der Waals surface area contributed by atoms with E-state index in [9.17, 15) is 9.59 Å². The third-order valence-electron chi connectivity index (χ3n) is 3.02. The zero-order valence-electron chi connectivity index (χ0n) is 12.0. The van der Waals surface area contributed by atoms with E-state index >= 15 is 0 Å². The second-order valence-corrected chi connectivity index (χ2v) is 5.09. The van der Waals surface area contributed by atoms with Gasteiger partial charge in [0.25, 0.3) is 5.56 Å². The van der Waals surface area contributed by atoms with E-state index in [0.29, 0.717) is 16.5 Å². The Bertz CT molecular complexity index is 751. The summed E-state index contributed by atoms with van der Waals surface area (Å²) in [5.74, 6) is 0.678. The van der Waals surface area contributed by atoms with Gasteiger partial charge in [0.15, 0.2) is 0 Å². The Morgan fingerprint density at radius 3 is 2.76 bits per heavy atom. The second-order valence-electron chi connectivity index (χ2n) is 4.69. The molecule has 7 heteroatoms. The molecule has 0 aromatic carbocycles. The largest absolute Gasteiger partial charge is 0.370 e. The predicted molar refractivity (Wildman–Crippen MR) is 83.1 cm³/mol. The Balaban J connectivity index is 2.38. The topological polar surface area (TPSA) is 68.9 Å². The fourth-order valence-corrected chi connectivity index (χ4v) is 2.02. The van der Waals surface area contributed by atoms with E-state index < -0.39 is 5.69 Å². The van der Waals surface area contributed by atoms with Crippen LogP contribution in [-0.2, 0) is 13.6 Å². The van der Waals surface area contributed by atoms with Gasteiger partial charge in [-0.15, -0.1) is 0 Å². The van der Waals surface area contributed by atoms with Crippen molar-refractivity contribution in [1.82, 2.24) is 14.1 Å². The third-order valence-corrected chi connectivity index (χ3v) is 3.37. The van der Waals surface area contributed by atoms with E-state index in [4.69, 9.17) is 11.6 Å². The van der Waals surface area contributed by atoms with Crippen LogP contribution in [0.4, 0.5) is 5.82 Å². The zero-order valence-corrected chi connectivity index (χ0v) is 12.7. The molecule has 0 aliphatic rings. The van der Waals surface area contributed by atoms with E-state index in [0.717, 1.165) is 17.5 Å². The second kappa shape index (κ2) is 6.58. The van der Waals surface area contributed by atoms with Gasteiger partial charge in [0.1, 0.15) is 5.82 Å². The van der Waals surface area contributed by atoms with E-state index in [1.807, 2.05) is 0 Å². The van der Waals surface area contributed by atoms with Crippen molar-refractivity contribution in [1.29, 1.82) is 0 Å². The number of hydrogen-bond donors (Lipinski definition) is 1. The zero-order chi connectivity index (χ0) is 15.4. The van der Waals surface area contributed by atoms with Gasteiger partial charge in [-0.25, -0.2) is 9.78 Å². The summed E-state index contributed by atoms with van der Waals surface area (Å²) < 4.78 is 2.45. The maximum atomic E-state index is 12.0. The third kappa shape index (κ3) is 3.52. The van der Waals surface area contributed by atoms with E-state index in [-0.39, 0.29) is 12.1 Å². The van der Waals surface area contributed by atoms with Crippen LogP contribution in [0.15, 0.2) is 34.0 Å². The smallest absolute Gasteiger partial charge is 0.331 e. The van der Waals surface area contributed by atoms with Crippen LogP contribution in [0.5, 0.6) is 0 Å². The molecule has 2 aromatic rings. The number of halogens is 1. The number of nitrogens with one attached hydrogen (secondary N) is 1. The van der Waals surface area contributed by atoms with Gasteiger partial charge in [-0.3, -0.25) is 9.36 Å². The Labute approximate surface area is 127 Å². The van der Waals surface area contributed by atoms with Crippen LogP contribution >= 0.6 is 11.6 Å². The van der Waals surface area contributed by atoms with Gasteiger partial charge in [0.2, 0.25) is 0 Å². The number of aryl methyl sites for hydroxylation is 1. The minimum absolute atomic E-state index is 0.0484. The summed E-state index contributed by atoms with van der Waals surface area (Å²) in [6.45, 7) is 2.89. The average molecular weight is 309 g/mol. The lowest BCUT2D eigenvalue weighted by molar-refractivity contribution is 0.631. The summed E-state index contributed by atoms with van der Waals surface area (Å²) in [6, 6.07) is 4.82. The summed E-state index contributed by atoms with van der Waals surface area (Å²) in [5, 5.41) is 3.57. The molecule has 0 unspecified atom stereocenters. The Morgan fingerprint density at radius 2 is 2.05 bits per heavy atom. The minimum Gasteiger partial charge on any atom is -0.370 e. The van der Waals surface area contributed by atoms with Crippen LogP contribution in [0.2, 0.25) is 5.02 Å². The number of pyridine rings is 1. The van der Waals surface area contributed by atoms with Crippen LogP contribution in [0.25, 0.3) is 0 Å². The van der Waals surface area contributed by atoms with Crippen molar-refractivity contribution in [2.75, 3.05) is 11.9 Å². The SMILES string of the molecule is CCCNc1ccc(Cl)c(Cn2c(=O)ccn(C)c2=O)n1. The summed E-state index contributed by atoms with van der Waals surface area (Å²) in [7, 11) is 1.59. The van der Waals surface area contributed by atoms with Crippen molar-refractivity contribution in [2.45, 2.75) is 19.9 Å². The fraction of sp³-hybridized carbons (Fsp3) is 0.357. The molecule has 2 rings (SSSR count). The van der Waals surface area contributed by atoms with Crippen molar-refractivity contribution >= 4 is 17.4 Å². The first-order valence-corrected chi connectivity index (χ1v) is 7.06. The van der Waals surface area contributed by atoms with Crippen LogP contribution < -0.4 is 16.6 Å². The highest BCUT2D eigenvalue weighted by Gasteiger charge is 2.09. The molecule has 0 saturated heterocycles. The van der Waals surface area contributed by atoms with Crippen LogP contribution in [0.3, 0.4) is 0 Å². The number of hydrogen-bond acceptors (Lipinski definition) is 4. The number of anilines is 1. The lowest BCUT2D eigenvalue weighted by Crippen LogP contribution is -2.38. The normalized spacial score (nSPS) is 10.6. The maximum absolute atomic E-state index is 12.0. The number of aromatic nitrogens is 3. The molecule has 6 nitrogen and oxygen atoms in total. The highest BCUT2D eigenvalue weighted by molar-refractivity contribution is 6.31. The molecule has 0 bridgehead atoms. The lowest BCUT2D eigenvalue weighted by Gasteiger charge is -2.10. The molecular formula is C14H17ClN4O2. The summed E-state index contributed by atoms with van der Waals surface area (Å²) in [4.78, 5) is 28.2. The molecule has 2 aromatic heterocycles. The molecule has 0 aliphatic heterocycles. The molecule has 2 heterocycles. The quantitative estimate of drug-likeness (QED) is 0.908. The van der Waals surface area contributed by atoms with Gasteiger partial charge >= 0.3 is 5.69 Å². The predicted octanol–water partition coefficient (Wildman–Crippen LogP) is 1.47. The van der Waals surface area contributed by atoms with Crippen molar-refractivity contribution in [3.05, 3.63) is 56.0 Å². The van der Waals surface area contributed by atoms with Crippen LogP contribution in [-0.4, -0.2) is 20.7 Å². The standard InChI is InChI=1S/C14H17ClN4O2/c1-3-7-16-12-5-4-10(15)11(17-12)9-19-13(20)6-8-18(2)14(19)21/h4-6,8H,3,7,9H2,1-2H3,(H,16,17). The highest BCUT2D eigenvalue weighted by Crippen LogP contribution is 2.17. The van der Waals surface area contributed by atoms with E-state index in [1.54, 1.807) is 19.2 Å². The first-order valence-electron chi connectivity index (χ1n) is 6.68. The Morgan fingerprint density at radius 1 is 1.29 bits per heavy atom. The molecule has 0 atom stereocenters. The lowest BCUT2D eigenvalue weighted by atomic mass is 10.3. The monoisotopic (exact) mass is 308 g/mol. The minimum atomic E-state index is -0.396. The molecule has 0 radical (unpaired) electrons. The highest BCUT2D eigenvalue weighted by atomic mass is 35.5. The van der Waals surface area contributed by atoms with Gasteiger partial charge in [0, 0.05) is 25.9 Å². The van der Waals surface area contributed by atoms with Gasteiger partial charge < -0.3 is 9.88 Å². The molecule has 0 aliphatic carbocycles. The molecule has 0 fully saturated rings. The van der Waals surface area contributed by atoms with Crippen LogP contribution in [0, 0.1) is 0 Å².